The van der Waals surface area contributed by atoms with Gasteiger partial charge in [-0.3, -0.25) is 4.79 Å². The number of benzene rings is 3. The average molecular weight is 435 g/mol. The number of halogens is 4. The van der Waals surface area contributed by atoms with E-state index in [0.717, 1.165) is 18.2 Å². The minimum atomic E-state index is -4.68. The molecule has 9 heteroatoms. The van der Waals surface area contributed by atoms with E-state index in [0.29, 0.717) is 11.6 Å². The summed E-state index contributed by atoms with van der Waals surface area (Å²) in [6, 6.07) is 11.5. The van der Waals surface area contributed by atoms with Crippen molar-refractivity contribution in [2.45, 2.75) is 19.4 Å². The number of aryl methyl sites for hydroxylation is 1. The SMILES string of the molecule is Cc1cc(F)ccc1Oc1ccc(C(F)(F)F)cc1C(=O)Nc1ccc(C(O)O)cc1. The maximum Gasteiger partial charge on any atom is 0.416 e. The van der Waals surface area contributed by atoms with Crippen LogP contribution in [-0.2, 0) is 6.18 Å². The number of hydrogen-bond acceptors (Lipinski definition) is 4. The molecule has 3 aromatic carbocycles. The van der Waals surface area contributed by atoms with E-state index in [1.54, 1.807) is 6.92 Å². The molecule has 1 amide bonds. The second kappa shape index (κ2) is 8.75. The van der Waals surface area contributed by atoms with Crippen molar-refractivity contribution in [1.82, 2.24) is 0 Å². The third-order valence-corrected chi connectivity index (χ3v) is 4.38. The fourth-order valence-electron chi connectivity index (χ4n) is 2.76. The summed E-state index contributed by atoms with van der Waals surface area (Å²) in [7, 11) is 0. The topological polar surface area (TPSA) is 78.8 Å². The number of carbonyl (C=O) groups excluding carboxylic acids is 1. The number of ether oxygens (including phenoxy) is 1. The normalized spacial score (nSPS) is 11.5. The van der Waals surface area contributed by atoms with Gasteiger partial charge in [-0.1, -0.05) is 12.1 Å². The first kappa shape index (κ1) is 22.3. The van der Waals surface area contributed by atoms with Crippen molar-refractivity contribution in [2.24, 2.45) is 0 Å². The van der Waals surface area contributed by atoms with Gasteiger partial charge in [0.05, 0.1) is 11.1 Å². The zero-order valence-electron chi connectivity index (χ0n) is 16.1. The van der Waals surface area contributed by atoms with Gasteiger partial charge in [0.25, 0.3) is 5.91 Å². The summed E-state index contributed by atoms with van der Waals surface area (Å²) in [5.41, 5.74) is -0.641. The average Bonchev–Trinajstić information content (AvgIpc) is 2.70. The van der Waals surface area contributed by atoms with Gasteiger partial charge >= 0.3 is 6.18 Å². The molecule has 0 saturated carbocycles. The monoisotopic (exact) mass is 435 g/mol. The van der Waals surface area contributed by atoms with E-state index in [9.17, 15) is 22.4 Å². The third-order valence-electron chi connectivity index (χ3n) is 4.38. The molecule has 0 aliphatic rings. The Morgan fingerprint density at radius 1 is 0.968 bits per heavy atom. The Hall–Kier alpha value is -3.43. The molecule has 0 aliphatic heterocycles. The van der Waals surface area contributed by atoms with E-state index in [-0.39, 0.29) is 28.3 Å². The van der Waals surface area contributed by atoms with Gasteiger partial charge in [0.1, 0.15) is 17.3 Å². The number of aliphatic hydroxyl groups is 2. The number of aliphatic hydroxyl groups excluding tert-OH is 1. The minimum absolute atomic E-state index is 0.150. The fourth-order valence-corrected chi connectivity index (χ4v) is 2.76. The molecular formula is C22H17F4NO4. The van der Waals surface area contributed by atoms with Gasteiger partial charge in [-0.15, -0.1) is 0 Å². The summed E-state index contributed by atoms with van der Waals surface area (Å²) in [5, 5.41) is 20.7. The Kier molecular flexibility index (Phi) is 6.28. The van der Waals surface area contributed by atoms with Gasteiger partial charge in [0, 0.05) is 11.3 Å². The van der Waals surface area contributed by atoms with E-state index >= 15 is 0 Å². The second-order valence-electron chi connectivity index (χ2n) is 6.67. The zero-order valence-corrected chi connectivity index (χ0v) is 16.1. The van der Waals surface area contributed by atoms with Crippen molar-refractivity contribution < 1.29 is 37.3 Å². The van der Waals surface area contributed by atoms with Crippen LogP contribution in [0.4, 0.5) is 23.2 Å². The zero-order chi connectivity index (χ0) is 22.8. The molecule has 0 atom stereocenters. The van der Waals surface area contributed by atoms with Crippen molar-refractivity contribution in [3.05, 3.63) is 88.7 Å². The first-order valence-corrected chi connectivity index (χ1v) is 8.97. The molecule has 0 aliphatic carbocycles. The largest absolute Gasteiger partial charge is 0.456 e. The lowest BCUT2D eigenvalue weighted by Crippen LogP contribution is -2.15. The molecule has 3 aromatic rings. The van der Waals surface area contributed by atoms with E-state index < -0.39 is 29.8 Å². The van der Waals surface area contributed by atoms with Crippen LogP contribution in [0.15, 0.2) is 60.7 Å². The lowest BCUT2D eigenvalue weighted by Gasteiger charge is -2.16. The Balaban J connectivity index is 1.95. The van der Waals surface area contributed by atoms with Crippen LogP contribution in [-0.4, -0.2) is 16.1 Å². The predicted molar refractivity (Wildman–Crippen MR) is 104 cm³/mol. The number of alkyl halides is 3. The van der Waals surface area contributed by atoms with Gasteiger partial charge < -0.3 is 20.3 Å². The van der Waals surface area contributed by atoms with Crippen LogP contribution in [0.5, 0.6) is 11.5 Å². The number of amides is 1. The molecule has 0 spiro atoms. The third kappa shape index (κ3) is 5.39. The predicted octanol–water partition coefficient (Wildman–Crippen LogP) is 5.18. The molecule has 5 nitrogen and oxygen atoms in total. The maximum atomic E-state index is 13.3. The molecule has 0 unspecified atom stereocenters. The van der Waals surface area contributed by atoms with Gasteiger partial charge in [0.2, 0.25) is 0 Å². The van der Waals surface area contributed by atoms with Crippen LogP contribution in [0, 0.1) is 12.7 Å². The number of anilines is 1. The lowest BCUT2D eigenvalue weighted by atomic mass is 10.1. The number of nitrogens with one attached hydrogen (secondary N) is 1. The molecule has 0 aromatic heterocycles. The molecular weight excluding hydrogens is 418 g/mol. The summed E-state index contributed by atoms with van der Waals surface area (Å²) in [5.74, 6) is -1.36. The van der Waals surface area contributed by atoms with Gasteiger partial charge in [-0.05, 0) is 61.0 Å². The Labute approximate surface area is 174 Å². The Morgan fingerprint density at radius 3 is 2.19 bits per heavy atom. The molecule has 162 valence electrons. The summed E-state index contributed by atoms with van der Waals surface area (Å²) in [4.78, 5) is 12.7. The maximum absolute atomic E-state index is 13.3. The highest BCUT2D eigenvalue weighted by atomic mass is 19.4. The van der Waals surface area contributed by atoms with Crippen LogP contribution in [0.2, 0.25) is 0 Å². The lowest BCUT2D eigenvalue weighted by molar-refractivity contribution is -0.137. The first-order valence-electron chi connectivity index (χ1n) is 8.97. The molecule has 0 heterocycles. The summed E-state index contributed by atoms with van der Waals surface area (Å²) < 4.78 is 58.5. The van der Waals surface area contributed by atoms with Crippen LogP contribution in [0.25, 0.3) is 0 Å². The van der Waals surface area contributed by atoms with E-state index in [4.69, 9.17) is 14.9 Å². The van der Waals surface area contributed by atoms with Gasteiger partial charge in [-0.25, -0.2) is 4.39 Å². The number of hydrogen-bond donors (Lipinski definition) is 3. The van der Waals surface area contributed by atoms with Crippen molar-refractivity contribution >= 4 is 11.6 Å². The van der Waals surface area contributed by atoms with E-state index in [2.05, 4.69) is 5.32 Å². The number of carbonyl (C=O) groups is 1. The highest BCUT2D eigenvalue weighted by Crippen LogP contribution is 2.35. The number of rotatable bonds is 5. The second-order valence-corrected chi connectivity index (χ2v) is 6.67. The van der Waals surface area contributed by atoms with Crippen LogP contribution < -0.4 is 10.1 Å². The van der Waals surface area contributed by atoms with Crippen molar-refractivity contribution in [3.63, 3.8) is 0 Å². The highest BCUT2D eigenvalue weighted by Gasteiger charge is 2.32. The molecule has 0 radical (unpaired) electrons. The van der Waals surface area contributed by atoms with E-state index in [1.807, 2.05) is 0 Å². The Bertz CT molecular complexity index is 1100. The molecule has 0 bridgehead atoms. The summed E-state index contributed by atoms with van der Waals surface area (Å²) in [6.07, 6.45) is -6.38. The summed E-state index contributed by atoms with van der Waals surface area (Å²) in [6.45, 7) is 1.55. The smallest absolute Gasteiger partial charge is 0.416 e. The molecule has 0 saturated heterocycles. The van der Waals surface area contributed by atoms with Gasteiger partial charge in [0.15, 0.2) is 6.29 Å². The summed E-state index contributed by atoms with van der Waals surface area (Å²) >= 11 is 0. The minimum Gasteiger partial charge on any atom is -0.456 e. The first-order chi connectivity index (χ1) is 14.5. The van der Waals surface area contributed by atoms with Crippen LogP contribution >= 0.6 is 0 Å². The Morgan fingerprint density at radius 2 is 1.61 bits per heavy atom. The van der Waals surface area contributed by atoms with Crippen molar-refractivity contribution in [1.29, 1.82) is 0 Å². The van der Waals surface area contributed by atoms with Gasteiger partial charge in [-0.2, -0.15) is 13.2 Å². The highest BCUT2D eigenvalue weighted by molar-refractivity contribution is 6.06. The fraction of sp³-hybridized carbons (Fsp3) is 0.136. The van der Waals surface area contributed by atoms with Crippen molar-refractivity contribution in [2.75, 3.05) is 5.32 Å². The quantitative estimate of drug-likeness (QED) is 0.381. The van der Waals surface area contributed by atoms with Crippen molar-refractivity contribution in [3.8, 4) is 11.5 Å². The standard InChI is InChI=1S/C22H17F4NO4/c1-12-10-15(23)5-9-18(12)31-19-8-4-14(22(24,25)26)11-17(19)20(28)27-16-6-2-13(3-7-16)21(29)30/h2-11,21,29-30H,1H3,(H,27,28). The van der Waals surface area contributed by atoms with Crippen LogP contribution in [0.3, 0.4) is 0 Å². The molecule has 0 fully saturated rings. The van der Waals surface area contributed by atoms with E-state index in [1.165, 1.54) is 36.4 Å². The molecule has 31 heavy (non-hydrogen) atoms. The molecule has 3 N–H and O–H groups in total. The molecule has 3 rings (SSSR count). The van der Waals surface area contributed by atoms with Crippen LogP contribution in [0.1, 0.15) is 33.3 Å².